The van der Waals surface area contributed by atoms with Crippen molar-refractivity contribution in [1.82, 2.24) is 10.3 Å². The zero-order chi connectivity index (χ0) is 17.8. The van der Waals surface area contributed by atoms with Crippen LogP contribution in [0.1, 0.15) is 35.9 Å². The molecule has 132 valence electrons. The molecule has 1 N–H and O–H groups in total. The minimum Gasteiger partial charge on any atom is -0.370 e. The lowest BCUT2D eigenvalue weighted by atomic mass is 10.1. The molecule has 1 saturated heterocycles. The number of nitrogens with zero attached hydrogens (tertiary/aromatic N) is 2. The monoisotopic (exact) mass is 359 g/mol. The van der Waals surface area contributed by atoms with Crippen molar-refractivity contribution in [3.8, 4) is 0 Å². The molecule has 1 aliphatic heterocycles. The summed E-state index contributed by atoms with van der Waals surface area (Å²) in [6.07, 6.45) is 1.64. The van der Waals surface area contributed by atoms with Gasteiger partial charge in [-0.1, -0.05) is 23.7 Å². The number of hydrogen-bond acceptors (Lipinski definition) is 4. The predicted molar refractivity (Wildman–Crippen MR) is 99.2 cm³/mol. The Bertz CT molecular complexity index is 734. The molecule has 1 aliphatic rings. The van der Waals surface area contributed by atoms with Crippen LogP contribution in [-0.4, -0.2) is 36.6 Å². The van der Waals surface area contributed by atoms with E-state index in [-0.39, 0.29) is 18.1 Å². The van der Waals surface area contributed by atoms with Crippen molar-refractivity contribution in [2.24, 2.45) is 0 Å². The lowest BCUT2D eigenvalue weighted by Gasteiger charge is -2.34. The standard InChI is InChI=1S/C19H22ClN3O2/c1-13(2)22-19(24)15-7-8-21-18(11-15)23-9-10-25-17(12-23)14-3-5-16(20)6-4-14/h3-8,11,13,17H,9-10,12H2,1-2H3,(H,22,24)/t17-/m1/s1. The number of pyridine rings is 1. The van der Waals surface area contributed by atoms with E-state index in [4.69, 9.17) is 16.3 Å². The fourth-order valence-corrected chi connectivity index (χ4v) is 2.94. The van der Waals surface area contributed by atoms with Gasteiger partial charge < -0.3 is 15.0 Å². The average Bonchev–Trinajstić information content (AvgIpc) is 2.62. The molecule has 1 aromatic carbocycles. The van der Waals surface area contributed by atoms with Gasteiger partial charge in [-0.05, 0) is 43.7 Å². The molecule has 0 aliphatic carbocycles. The fraction of sp³-hybridized carbons (Fsp3) is 0.368. The Morgan fingerprint density at radius 1 is 1.32 bits per heavy atom. The number of ether oxygens (including phenoxy) is 1. The lowest BCUT2D eigenvalue weighted by molar-refractivity contribution is 0.0395. The van der Waals surface area contributed by atoms with Crippen LogP contribution in [0.2, 0.25) is 5.02 Å². The molecule has 0 bridgehead atoms. The molecule has 1 aromatic heterocycles. The fourth-order valence-electron chi connectivity index (χ4n) is 2.81. The molecule has 0 unspecified atom stereocenters. The first-order chi connectivity index (χ1) is 12.0. The van der Waals surface area contributed by atoms with Crippen molar-refractivity contribution in [3.63, 3.8) is 0 Å². The van der Waals surface area contributed by atoms with Crippen LogP contribution in [0.4, 0.5) is 5.82 Å². The number of anilines is 1. The molecule has 3 rings (SSSR count). The zero-order valence-corrected chi connectivity index (χ0v) is 15.2. The Hall–Kier alpha value is -2.11. The molecule has 0 saturated carbocycles. The highest BCUT2D eigenvalue weighted by Crippen LogP contribution is 2.26. The Kier molecular flexibility index (Phi) is 5.56. The van der Waals surface area contributed by atoms with Gasteiger partial charge in [-0.3, -0.25) is 4.79 Å². The second-order valence-corrected chi connectivity index (χ2v) is 6.82. The van der Waals surface area contributed by atoms with E-state index in [1.165, 1.54) is 0 Å². The summed E-state index contributed by atoms with van der Waals surface area (Å²) >= 11 is 5.96. The number of hydrogen-bond donors (Lipinski definition) is 1. The molecule has 5 nitrogen and oxygen atoms in total. The van der Waals surface area contributed by atoms with Gasteiger partial charge in [0.05, 0.1) is 6.61 Å². The maximum atomic E-state index is 12.2. The predicted octanol–water partition coefficient (Wildman–Crippen LogP) is 3.45. The van der Waals surface area contributed by atoms with Crippen molar-refractivity contribution >= 4 is 23.3 Å². The Morgan fingerprint density at radius 2 is 2.08 bits per heavy atom. The number of carbonyl (C=O) groups excluding carboxylic acids is 1. The molecule has 0 radical (unpaired) electrons. The molecule has 1 fully saturated rings. The highest BCUT2D eigenvalue weighted by atomic mass is 35.5. The van der Waals surface area contributed by atoms with Gasteiger partial charge in [0, 0.05) is 35.9 Å². The number of carbonyl (C=O) groups is 1. The average molecular weight is 360 g/mol. The summed E-state index contributed by atoms with van der Waals surface area (Å²) in [4.78, 5) is 18.8. The largest absolute Gasteiger partial charge is 0.370 e. The number of morpholine rings is 1. The summed E-state index contributed by atoms with van der Waals surface area (Å²) in [6.45, 7) is 5.92. The van der Waals surface area contributed by atoms with E-state index in [1.54, 1.807) is 12.3 Å². The first kappa shape index (κ1) is 17.7. The molecule has 0 spiro atoms. The van der Waals surface area contributed by atoms with Crippen LogP contribution in [0.5, 0.6) is 0 Å². The number of rotatable bonds is 4. The van der Waals surface area contributed by atoms with E-state index >= 15 is 0 Å². The number of halogens is 1. The van der Waals surface area contributed by atoms with Crippen LogP contribution in [0.15, 0.2) is 42.6 Å². The van der Waals surface area contributed by atoms with E-state index in [9.17, 15) is 4.79 Å². The van der Waals surface area contributed by atoms with Gasteiger partial charge in [0.2, 0.25) is 0 Å². The highest BCUT2D eigenvalue weighted by molar-refractivity contribution is 6.30. The molecule has 1 amide bonds. The first-order valence-electron chi connectivity index (χ1n) is 8.42. The summed E-state index contributed by atoms with van der Waals surface area (Å²) in [5.41, 5.74) is 1.70. The van der Waals surface area contributed by atoms with Crippen LogP contribution in [0, 0.1) is 0 Å². The third-order valence-electron chi connectivity index (χ3n) is 4.06. The van der Waals surface area contributed by atoms with Gasteiger partial charge in [0.1, 0.15) is 11.9 Å². The Labute approximate surface area is 153 Å². The van der Waals surface area contributed by atoms with E-state index in [0.29, 0.717) is 23.7 Å². The molecular weight excluding hydrogens is 338 g/mol. The van der Waals surface area contributed by atoms with Crippen molar-refractivity contribution in [2.75, 3.05) is 24.6 Å². The van der Waals surface area contributed by atoms with E-state index in [2.05, 4.69) is 15.2 Å². The van der Waals surface area contributed by atoms with E-state index < -0.39 is 0 Å². The number of aromatic nitrogens is 1. The molecular formula is C19H22ClN3O2. The number of nitrogens with one attached hydrogen (secondary N) is 1. The molecule has 6 heteroatoms. The van der Waals surface area contributed by atoms with Gasteiger partial charge in [0.25, 0.3) is 5.91 Å². The minimum atomic E-state index is -0.0823. The topological polar surface area (TPSA) is 54.5 Å². The van der Waals surface area contributed by atoms with Crippen LogP contribution >= 0.6 is 11.6 Å². The minimum absolute atomic E-state index is 0.0408. The summed E-state index contributed by atoms with van der Waals surface area (Å²) < 4.78 is 5.89. The molecule has 25 heavy (non-hydrogen) atoms. The van der Waals surface area contributed by atoms with Gasteiger partial charge in [-0.2, -0.15) is 0 Å². The van der Waals surface area contributed by atoms with Gasteiger partial charge >= 0.3 is 0 Å². The molecule has 2 heterocycles. The smallest absolute Gasteiger partial charge is 0.251 e. The normalized spacial score (nSPS) is 17.6. The molecule has 1 atom stereocenters. The maximum Gasteiger partial charge on any atom is 0.251 e. The summed E-state index contributed by atoms with van der Waals surface area (Å²) in [5, 5.41) is 3.62. The van der Waals surface area contributed by atoms with Crippen molar-refractivity contribution in [2.45, 2.75) is 26.0 Å². The number of amides is 1. The summed E-state index contributed by atoms with van der Waals surface area (Å²) in [6, 6.07) is 11.4. The van der Waals surface area contributed by atoms with Gasteiger partial charge in [-0.15, -0.1) is 0 Å². The van der Waals surface area contributed by atoms with E-state index in [0.717, 1.165) is 17.9 Å². The second-order valence-electron chi connectivity index (χ2n) is 6.39. The number of benzene rings is 1. The first-order valence-corrected chi connectivity index (χ1v) is 8.79. The van der Waals surface area contributed by atoms with Crippen molar-refractivity contribution in [1.29, 1.82) is 0 Å². The van der Waals surface area contributed by atoms with Gasteiger partial charge in [-0.25, -0.2) is 4.98 Å². The van der Waals surface area contributed by atoms with Crippen molar-refractivity contribution in [3.05, 3.63) is 58.7 Å². The summed E-state index contributed by atoms with van der Waals surface area (Å²) in [5.74, 6) is 0.708. The van der Waals surface area contributed by atoms with Crippen LogP contribution in [0.3, 0.4) is 0 Å². The van der Waals surface area contributed by atoms with Crippen LogP contribution in [0.25, 0.3) is 0 Å². The second kappa shape index (κ2) is 7.85. The van der Waals surface area contributed by atoms with Crippen LogP contribution in [-0.2, 0) is 4.74 Å². The van der Waals surface area contributed by atoms with E-state index in [1.807, 2.05) is 44.2 Å². The zero-order valence-electron chi connectivity index (χ0n) is 14.4. The highest BCUT2D eigenvalue weighted by Gasteiger charge is 2.23. The summed E-state index contributed by atoms with van der Waals surface area (Å²) in [7, 11) is 0. The van der Waals surface area contributed by atoms with Crippen molar-refractivity contribution < 1.29 is 9.53 Å². The van der Waals surface area contributed by atoms with Crippen LogP contribution < -0.4 is 10.2 Å². The SMILES string of the molecule is CC(C)NC(=O)c1ccnc(N2CCO[C@@H](c3ccc(Cl)cc3)C2)c1. The third kappa shape index (κ3) is 4.50. The lowest BCUT2D eigenvalue weighted by Crippen LogP contribution is -2.39. The Balaban J connectivity index is 1.75. The molecule has 2 aromatic rings. The quantitative estimate of drug-likeness (QED) is 0.908. The van der Waals surface area contributed by atoms with Gasteiger partial charge in [0.15, 0.2) is 0 Å². The third-order valence-corrected chi connectivity index (χ3v) is 4.31. The maximum absolute atomic E-state index is 12.2. The Morgan fingerprint density at radius 3 is 2.80 bits per heavy atom.